The Hall–Kier alpha value is -2.05. The lowest BCUT2D eigenvalue weighted by Gasteiger charge is -2.25. The summed E-state index contributed by atoms with van der Waals surface area (Å²) in [4.78, 5) is 24.6. The molecule has 0 unspecified atom stereocenters. The van der Waals surface area contributed by atoms with Crippen molar-refractivity contribution in [2.45, 2.75) is 82.8 Å². The van der Waals surface area contributed by atoms with E-state index in [0.29, 0.717) is 31.4 Å². The number of carbonyl (C=O) groups excluding carboxylic acids is 1. The predicted octanol–water partition coefficient (Wildman–Crippen LogP) is 5.44. The number of carboxylic acid groups (broad SMARTS) is 1. The molecule has 1 atom stereocenters. The molecule has 1 heterocycles. The van der Waals surface area contributed by atoms with E-state index in [0.717, 1.165) is 51.0 Å². The van der Waals surface area contributed by atoms with Crippen LogP contribution in [0.5, 0.6) is 0 Å². The van der Waals surface area contributed by atoms with Crippen molar-refractivity contribution in [3.05, 3.63) is 35.4 Å². The maximum Gasteiger partial charge on any atom is 0.416 e. The van der Waals surface area contributed by atoms with Gasteiger partial charge in [-0.25, -0.2) is 0 Å². The molecule has 162 valence electrons. The second-order valence-electron chi connectivity index (χ2n) is 7.78. The largest absolute Gasteiger partial charge is 0.481 e. The highest BCUT2D eigenvalue weighted by atomic mass is 19.4. The quantitative estimate of drug-likeness (QED) is 0.464. The first-order valence-corrected chi connectivity index (χ1v) is 10.4. The van der Waals surface area contributed by atoms with Crippen molar-refractivity contribution in [1.29, 1.82) is 0 Å². The summed E-state index contributed by atoms with van der Waals surface area (Å²) in [5.41, 5.74) is 0.0893. The molecule has 7 heteroatoms. The first-order chi connectivity index (χ1) is 13.8. The molecule has 0 spiro atoms. The minimum atomic E-state index is -4.31. The number of aliphatic carboxylic acids is 1. The third-order valence-corrected chi connectivity index (χ3v) is 5.50. The van der Waals surface area contributed by atoms with E-state index in [1.807, 2.05) is 4.90 Å². The number of amides is 1. The fraction of sp³-hybridized carbons (Fsp3) is 0.636. The van der Waals surface area contributed by atoms with Crippen molar-refractivity contribution in [2.75, 3.05) is 6.54 Å². The average molecular weight is 413 g/mol. The van der Waals surface area contributed by atoms with Crippen LogP contribution in [0.3, 0.4) is 0 Å². The minimum Gasteiger partial charge on any atom is -0.481 e. The number of aryl methyl sites for hydroxylation is 1. The molecule has 0 bridgehead atoms. The molecular weight excluding hydrogens is 383 g/mol. The third-order valence-electron chi connectivity index (χ3n) is 5.50. The number of rotatable bonds is 12. The Morgan fingerprint density at radius 3 is 2.59 bits per heavy atom. The number of carbonyl (C=O) groups is 2. The fourth-order valence-electron chi connectivity index (χ4n) is 3.92. The van der Waals surface area contributed by atoms with Crippen LogP contribution in [-0.2, 0) is 22.2 Å². The molecule has 1 fully saturated rings. The molecule has 1 aromatic carbocycles. The van der Waals surface area contributed by atoms with Gasteiger partial charge in [-0.2, -0.15) is 13.2 Å². The van der Waals surface area contributed by atoms with Crippen LogP contribution in [-0.4, -0.2) is 34.5 Å². The molecule has 0 saturated carbocycles. The Balaban J connectivity index is 1.68. The number of alkyl halides is 3. The van der Waals surface area contributed by atoms with Crippen LogP contribution in [0.4, 0.5) is 13.2 Å². The van der Waals surface area contributed by atoms with Gasteiger partial charge in [0.2, 0.25) is 5.91 Å². The number of carboxylic acids is 1. The highest BCUT2D eigenvalue weighted by molar-refractivity contribution is 5.78. The molecule has 1 amide bonds. The van der Waals surface area contributed by atoms with Gasteiger partial charge in [-0.05, 0) is 50.2 Å². The summed E-state index contributed by atoms with van der Waals surface area (Å²) in [6.45, 7) is 0.712. The van der Waals surface area contributed by atoms with Crippen LogP contribution in [0.1, 0.15) is 75.3 Å². The van der Waals surface area contributed by atoms with E-state index in [-0.39, 0.29) is 18.4 Å². The van der Waals surface area contributed by atoms with Crippen LogP contribution in [0.25, 0.3) is 0 Å². The minimum absolute atomic E-state index is 0.179. The summed E-state index contributed by atoms with van der Waals surface area (Å²) >= 11 is 0. The Kier molecular flexibility index (Phi) is 8.99. The Morgan fingerprint density at radius 1 is 1.10 bits per heavy atom. The molecule has 0 aromatic heterocycles. The summed E-state index contributed by atoms with van der Waals surface area (Å²) in [5, 5.41) is 8.63. The standard InChI is InChI=1S/C22H30F3NO3/c23-22(24,25)18-10-7-9-17(16-18)8-4-5-11-19-13-14-20(27)26(19)15-6-2-1-3-12-21(28)29/h7,9-10,16,19H,1-6,8,11-15H2,(H,28,29)/t19-/m0/s1. The van der Waals surface area contributed by atoms with Crippen molar-refractivity contribution in [2.24, 2.45) is 0 Å². The number of unbranched alkanes of at least 4 members (excludes halogenated alkanes) is 4. The molecule has 1 aromatic rings. The SMILES string of the molecule is O=C(O)CCCCCCN1C(=O)CC[C@@H]1CCCCc1cccc(C(F)(F)F)c1. The molecule has 1 saturated heterocycles. The molecule has 1 aliphatic rings. The summed E-state index contributed by atoms with van der Waals surface area (Å²) in [5.74, 6) is -0.594. The fourth-order valence-corrected chi connectivity index (χ4v) is 3.92. The number of hydrogen-bond donors (Lipinski definition) is 1. The average Bonchev–Trinajstić information content (AvgIpc) is 3.01. The number of likely N-dealkylation sites (tertiary alicyclic amines) is 1. The van der Waals surface area contributed by atoms with E-state index < -0.39 is 17.7 Å². The van der Waals surface area contributed by atoms with Crippen LogP contribution < -0.4 is 0 Å². The van der Waals surface area contributed by atoms with E-state index in [1.54, 1.807) is 6.07 Å². The second-order valence-corrected chi connectivity index (χ2v) is 7.78. The number of nitrogens with zero attached hydrogens (tertiary/aromatic N) is 1. The van der Waals surface area contributed by atoms with E-state index in [9.17, 15) is 22.8 Å². The van der Waals surface area contributed by atoms with E-state index in [1.165, 1.54) is 12.1 Å². The summed E-state index contributed by atoms with van der Waals surface area (Å²) in [7, 11) is 0. The zero-order valence-corrected chi connectivity index (χ0v) is 16.7. The Morgan fingerprint density at radius 2 is 1.86 bits per heavy atom. The van der Waals surface area contributed by atoms with Gasteiger partial charge in [0.25, 0.3) is 0 Å². The van der Waals surface area contributed by atoms with Crippen LogP contribution in [0, 0.1) is 0 Å². The first kappa shape index (κ1) is 23.2. The van der Waals surface area contributed by atoms with Gasteiger partial charge in [-0.3, -0.25) is 9.59 Å². The summed E-state index contributed by atoms with van der Waals surface area (Å²) < 4.78 is 38.3. The van der Waals surface area contributed by atoms with Gasteiger partial charge >= 0.3 is 12.1 Å². The summed E-state index contributed by atoms with van der Waals surface area (Å²) in [6.07, 6.45) is 3.78. The predicted molar refractivity (Wildman–Crippen MR) is 104 cm³/mol. The number of hydrogen-bond acceptors (Lipinski definition) is 2. The van der Waals surface area contributed by atoms with Crippen molar-refractivity contribution in [3.8, 4) is 0 Å². The van der Waals surface area contributed by atoms with Gasteiger partial charge < -0.3 is 10.0 Å². The zero-order valence-electron chi connectivity index (χ0n) is 16.7. The van der Waals surface area contributed by atoms with Crippen LogP contribution in [0.15, 0.2) is 24.3 Å². The lowest BCUT2D eigenvalue weighted by molar-refractivity contribution is -0.138. The van der Waals surface area contributed by atoms with Gasteiger partial charge in [0, 0.05) is 25.4 Å². The van der Waals surface area contributed by atoms with E-state index in [4.69, 9.17) is 5.11 Å². The molecule has 29 heavy (non-hydrogen) atoms. The van der Waals surface area contributed by atoms with Crippen LogP contribution in [0.2, 0.25) is 0 Å². The molecule has 1 N–H and O–H groups in total. The van der Waals surface area contributed by atoms with Crippen molar-refractivity contribution >= 4 is 11.9 Å². The summed E-state index contributed by atoms with van der Waals surface area (Å²) in [6, 6.07) is 5.71. The topological polar surface area (TPSA) is 57.6 Å². The number of benzene rings is 1. The molecule has 0 aliphatic carbocycles. The molecule has 2 rings (SSSR count). The number of halogens is 3. The van der Waals surface area contributed by atoms with Gasteiger partial charge in [0.05, 0.1) is 5.56 Å². The first-order valence-electron chi connectivity index (χ1n) is 10.4. The van der Waals surface area contributed by atoms with Gasteiger partial charge in [-0.1, -0.05) is 37.5 Å². The van der Waals surface area contributed by atoms with Crippen molar-refractivity contribution in [1.82, 2.24) is 4.90 Å². The normalized spacial score (nSPS) is 17.1. The Bertz CT molecular complexity index is 676. The highest BCUT2D eigenvalue weighted by Gasteiger charge is 2.31. The van der Waals surface area contributed by atoms with Crippen molar-refractivity contribution < 1.29 is 27.9 Å². The highest BCUT2D eigenvalue weighted by Crippen LogP contribution is 2.30. The molecule has 0 radical (unpaired) electrons. The molecule has 4 nitrogen and oxygen atoms in total. The Labute approximate surface area is 170 Å². The van der Waals surface area contributed by atoms with Crippen molar-refractivity contribution in [3.63, 3.8) is 0 Å². The third kappa shape index (κ3) is 8.07. The lowest BCUT2D eigenvalue weighted by atomic mass is 10.0. The lowest BCUT2D eigenvalue weighted by Crippen LogP contribution is -2.33. The van der Waals surface area contributed by atoms with E-state index in [2.05, 4.69) is 0 Å². The van der Waals surface area contributed by atoms with Gasteiger partial charge in [-0.15, -0.1) is 0 Å². The van der Waals surface area contributed by atoms with Gasteiger partial charge in [0.1, 0.15) is 0 Å². The molecular formula is C22H30F3NO3. The second kappa shape index (κ2) is 11.2. The van der Waals surface area contributed by atoms with Crippen LogP contribution >= 0.6 is 0 Å². The monoisotopic (exact) mass is 413 g/mol. The maximum absolute atomic E-state index is 12.8. The van der Waals surface area contributed by atoms with Gasteiger partial charge in [0.15, 0.2) is 0 Å². The smallest absolute Gasteiger partial charge is 0.416 e. The zero-order chi connectivity index (χ0) is 21.3. The van der Waals surface area contributed by atoms with E-state index >= 15 is 0 Å². The maximum atomic E-state index is 12.8. The molecule has 1 aliphatic heterocycles.